The number of imidazole rings is 1. The number of rotatable bonds is 11. The highest BCUT2D eigenvalue weighted by molar-refractivity contribution is 5.94. The molecule has 188 valence electrons. The summed E-state index contributed by atoms with van der Waals surface area (Å²) < 4.78 is 8.37. The number of fused-ring (bicyclic) bond motifs is 1. The van der Waals surface area contributed by atoms with Gasteiger partial charge in [0.15, 0.2) is 0 Å². The number of benzene rings is 3. The third kappa shape index (κ3) is 6.75. The Hall–Kier alpha value is -3.60. The molecule has 0 aliphatic rings. The van der Waals surface area contributed by atoms with Crippen molar-refractivity contribution in [3.63, 3.8) is 0 Å². The molecule has 1 heterocycles. The molecule has 0 atom stereocenters. The Kier molecular flexibility index (Phi) is 8.42. The van der Waals surface area contributed by atoms with Crippen LogP contribution in [0.2, 0.25) is 0 Å². The van der Waals surface area contributed by atoms with Gasteiger partial charge in [-0.05, 0) is 60.2 Å². The number of nitrogens with one attached hydrogen (secondary N) is 1. The third-order valence-electron chi connectivity index (χ3n) is 6.44. The number of aromatic nitrogens is 2. The SMILES string of the molecule is CC(C)(C)c1ccc(OCCn2c(CCCCCNC(=O)c3ccccc3)nc3ccccc32)cc1. The van der Waals surface area contributed by atoms with Crippen molar-refractivity contribution in [1.82, 2.24) is 14.9 Å². The third-order valence-corrected chi connectivity index (χ3v) is 6.44. The molecule has 5 nitrogen and oxygen atoms in total. The van der Waals surface area contributed by atoms with Gasteiger partial charge in [0.25, 0.3) is 5.91 Å². The normalized spacial score (nSPS) is 11.5. The van der Waals surface area contributed by atoms with Gasteiger partial charge in [-0.15, -0.1) is 0 Å². The summed E-state index contributed by atoms with van der Waals surface area (Å²) in [7, 11) is 0. The topological polar surface area (TPSA) is 56.1 Å². The zero-order chi connectivity index (χ0) is 25.4. The maximum Gasteiger partial charge on any atom is 0.251 e. The number of amides is 1. The Morgan fingerprint density at radius 1 is 0.889 bits per heavy atom. The molecule has 0 spiro atoms. The number of para-hydroxylation sites is 2. The molecule has 4 aromatic rings. The quantitative estimate of drug-likeness (QED) is 0.246. The Bertz CT molecular complexity index is 1250. The average molecular weight is 484 g/mol. The number of ether oxygens (including phenoxy) is 1. The van der Waals surface area contributed by atoms with Crippen LogP contribution in [0.3, 0.4) is 0 Å². The van der Waals surface area contributed by atoms with Gasteiger partial charge in [0.05, 0.1) is 17.6 Å². The van der Waals surface area contributed by atoms with Crippen molar-refractivity contribution in [3.8, 4) is 5.75 Å². The minimum absolute atomic E-state index is 0.00885. The first-order chi connectivity index (χ1) is 17.4. The fraction of sp³-hybridized carbons (Fsp3) is 0.355. The zero-order valence-corrected chi connectivity index (χ0v) is 21.7. The van der Waals surface area contributed by atoms with Crippen molar-refractivity contribution in [2.75, 3.05) is 13.2 Å². The van der Waals surface area contributed by atoms with Gasteiger partial charge in [0.1, 0.15) is 18.2 Å². The summed E-state index contributed by atoms with van der Waals surface area (Å²) in [5.41, 5.74) is 4.32. The molecule has 0 bridgehead atoms. The van der Waals surface area contributed by atoms with Crippen LogP contribution in [0.5, 0.6) is 5.75 Å². The lowest BCUT2D eigenvalue weighted by Crippen LogP contribution is -2.24. The Balaban J connectivity index is 1.28. The summed E-state index contributed by atoms with van der Waals surface area (Å²) in [6, 6.07) is 26.1. The van der Waals surface area contributed by atoms with Crippen LogP contribution in [0, 0.1) is 0 Å². The lowest BCUT2D eigenvalue weighted by Gasteiger charge is -2.19. The van der Waals surface area contributed by atoms with Gasteiger partial charge in [-0.2, -0.15) is 0 Å². The zero-order valence-electron chi connectivity index (χ0n) is 21.7. The maximum absolute atomic E-state index is 12.2. The number of unbranched alkanes of at least 4 members (excludes halogenated alkanes) is 2. The molecule has 1 amide bonds. The van der Waals surface area contributed by atoms with Gasteiger partial charge in [-0.25, -0.2) is 4.98 Å². The summed E-state index contributed by atoms with van der Waals surface area (Å²) in [4.78, 5) is 17.1. The number of nitrogens with zero attached hydrogens (tertiary/aromatic N) is 2. The van der Waals surface area contributed by atoms with E-state index in [1.165, 1.54) is 5.56 Å². The second-order valence-corrected chi connectivity index (χ2v) is 10.2. The fourth-order valence-electron chi connectivity index (χ4n) is 4.35. The minimum Gasteiger partial charge on any atom is -0.492 e. The van der Waals surface area contributed by atoms with Crippen LogP contribution in [-0.4, -0.2) is 28.6 Å². The molecule has 0 aliphatic heterocycles. The standard InChI is InChI=1S/C31H37N3O2/c1-31(2,3)25-17-19-26(20-18-25)36-23-22-34-28-15-10-9-14-27(28)33-29(34)16-8-5-11-21-32-30(35)24-12-6-4-7-13-24/h4,6-7,9-10,12-15,17-20H,5,8,11,16,21-23H2,1-3H3,(H,32,35). The summed E-state index contributed by atoms with van der Waals surface area (Å²) in [5, 5.41) is 3.01. The number of hydrogen-bond acceptors (Lipinski definition) is 3. The van der Waals surface area contributed by atoms with Crippen LogP contribution in [0.15, 0.2) is 78.9 Å². The molecule has 0 aliphatic carbocycles. The molecule has 5 heteroatoms. The van der Waals surface area contributed by atoms with Crippen molar-refractivity contribution in [2.24, 2.45) is 0 Å². The smallest absolute Gasteiger partial charge is 0.251 e. The van der Waals surface area contributed by atoms with Gasteiger partial charge >= 0.3 is 0 Å². The van der Waals surface area contributed by atoms with Gasteiger partial charge in [0, 0.05) is 18.5 Å². The van der Waals surface area contributed by atoms with E-state index < -0.39 is 0 Å². The predicted molar refractivity (Wildman–Crippen MR) is 147 cm³/mol. The molecule has 3 aromatic carbocycles. The van der Waals surface area contributed by atoms with Crippen molar-refractivity contribution in [2.45, 2.75) is 58.4 Å². The van der Waals surface area contributed by atoms with E-state index in [-0.39, 0.29) is 11.3 Å². The van der Waals surface area contributed by atoms with Crippen LogP contribution >= 0.6 is 0 Å². The van der Waals surface area contributed by atoms with Crippen LogP contribution < -0.4 is 10.1 Å². The number of aryl methyl sites for hydroxylation is 1. The van der Waals surface area contributed by atoms with Crippen LogP contribution in [0.1, 0.15) is 61.8 Å². The van der Waals surface area contributed by atoms with E-state index in [9.17, 15) is 4.79 Å². The molecule has 0 saturated heterocycles. The molecule has 1 aromatic heterocycles. The van der Waals surface area contributed by atoms with Gasteiger partial charge < -0.3 is 14.6 Å². The highest BCUT2D eigenvalue weighted by Crippen LogP contribution is 2.24. The summed E-state index contributed by atoms with van der Waals surface area (Å²) in [6.07, 6.45) is 3.92. The molecule has 0 radical (unpaired) electrons. The summed E-state index contributed by atoms with van der Waals surface area (Å²) >= 11 is 0. The molecular weight excluding hydrogens is 446 g/mol. The molecule has 36 heavy (non-hydrogen) atoms. The number of hydrogen-bond donors (Lipinski definition) is 1. The Morgan fingerprint density at radius 3 is 2.36 bits per heavy atom. The van der Waals surface area contributed by atoms with E-state index >= 15 is 0 Å². The molecule has 0 saturated carbocycles. The van der Waals surface area contributed by atoms with Crippen molar-refractivity contribution >= 4 is 16.9 Å². The predicted octanol–water partition coefficient (Wildman–Crippen LogP) is 6.56. The van der Waals surface area contributed by atoms with E-state index in [0.717, 1.165) is 54.8 Å². The van der Waals surface area contributed by atoms with Crippen LogP contribution in [0.25, 0.3) is 11.0 Å². The van der Waals surface area contributed by atoms with E-state index in [0.29, 0.717) is 18.7 Å². The van der Waals surface area contributed by atoms with Gasteiger partial charge in [-0.3, -0.25) is 4.79 Å². The van der Waals surface area contributed by atoms with Gasteiger partial charge in [0.2, 0.25) is 0 Å². The van der Waals surface area contributed by atoms with E-state index in [1.54, 1.807) is 0 Å². The molecule has 4 rings (SSSR count). The van der Waals surface area contributed by atoms with Crippen molar-refractivity contribution in [3.05, 3.63) is 95.8 Å². The van der Waals surface area contributed by atoms with E-state index in [1.807, 2.05) is 36.4 Å². The van der Waals surface area contributed by atoms with Gasteiger partial charge in [-0.1, -0.05) is 69.7 Å². The maximum atomic E-state index is 12.2. The first-order valence-corrected chi connectivity index (χ1v) is 12.9. The summed E-state index contributed by atoms with van der Waals surface area (Å²) in [6.45, 7) is 8.68. The lowest BCUT2D eigenvalue weighted by atomic mass is 9.87. The summed E-state index contributed by atoms with van der Waals surface area (Å²) in [5.74, 6) is 1.98. The number of carbonyl (C=O) groups is 1. The second kappa shape index (κ2) is 11.9. The largest absolute Gasteiger partial charge is 0.492 e. The molecule has 0 fully saturated rings. The Labute approximate surface area is 214 Å². The highest BCUT2D eigenvalue weighted by atomic mass is 16.5. The first-order valence-electron chi connectivity index (χ1n) is 12.9. The highest BCUT2D eigenvalue weighted by Gasteiger charge is 2.14. The molecule has 0 unspecified atom stereocenters. The average Bonchev–Trinajstić information content (AvgIpc) is 3.23. The second-order valence-electron chi connectivity index (χ2n) is 10.2. The minimum atomic E-state index is -0.00885. The fourth-order valence-corrected chi connectivity index (χ4v) is 4.35. The monoisotopic (exact) mass is 483 g/mol. The van der Waals surface area contributed by atoms with E-state index in [4.69, 9.17) is 9.72 Å². The molecule has 1 N–H and O–H groups in total. The van der Waals surface area contributed by atoms with Crippen LogP contribution in [0.4, 0.5) is 0 Å². The van der Waals surface area contributed by atoms with E-state index in [2.05, 4.69) is 73.1 Å². The molecular formula is C31H37N3O2. The lowest BCUT2D eigenvalue weighted by molar-refractivity contribution is 0.0953. The van der Waals surface area contributed by atoms with Crippen molar-refractivity contribution < 1.29 is 9.53 Å². The number of carbonyl (C=O) groups excluding carboxylic acids is 1. The first kappa shape index (κ1) is 25.5. The van der Waals surface area contributed by atoms with Crippen LogP contribution in [-0.2, 0) is 18.4 Å². The van der Waals surface area contributed by atoms with Crippen molar-refractivity contribution in [1.29, 1.82) is 0 Å². The Morgan fingerprint density at radius 2 is 1.61 bits per heavy atom.